The summed E-state index contributed by atoms with van der Waals surface area (Å²) in [6.07, 6.45) is 5.00. The van der Waals surface area contributed by atoms with Crippen LogP contribution in [0.3, 0.4) is 0 Å². The molecule has 2 aliphatic rings. The number of hydrogen-bond donors (Lipinski definition) is 2. The summed E-state index contributed by atoms with van der Waals surface area (Å²) in [5.41, 5.74) is 3.34. The predicted molar refractivity (Wildman–Crippen MR) is 60.4 cm³/mol. The summed E-state index contributed by atoms with van der Waals surface area (Å²) < 4.78 is 0. The smallest absolute Gasteiger partial charge is 0.315 e. The number of allylic oxidation sites excluding steroid dienone is 3. The van der Waals surface area contributed by atoms with Crippen molar-refractivity contribution >= 4 is 23.3 Å². The first-order valence-corrected chi connectivity index (χ1v) is 5.17. The molecule has 0 radical (unpaired) electrons. The predicted octanol–water partition coefficient (Wildman–Crippen LogP) is 0.134. The third-order valence-electron chi connectivity index (χ3n) is 2.03. The maximum absolute atomic E-state index is 11.6. The molecule has 7 heteroatoms. The van der Waals surface area contributed by atoms with Gasteiger partial charge in [0.25, 0.3) is 5.96 Å². The molecule has 0 aromatic rings. The maximum atomic E-state index is 11.6. The molecule has 1 unspecified atom stereocenters. The van der Waals surface area contributed by atoms with E-state index < -0.39 is 0 Å². The molecular weight excluding hydrogens is 232 g/mol. The quantitative estimate of drug-likeness (QED) is 0.533. The maximum Gasteiger partial charge on any atom is 0.315 e. The zero-order chi connectivity index (χ0) is 11.5. The zero-order valence-electron chi connectivity index (χ0n) is 8.30. The lowest BCUT2D eigenvalue weighted by Gasteiger charge is -2.11. The Hall–Kier alpha value is -1.53. The van der Waals surface area contributed by atoms with E-state index in [-0.39, 0.29) is 24.5 Å². The normalized spacial score (nSPS) is 26.0. The van der Waals surface area contributed by atoms with Crippen molar-refractivity contribution in [3.05, 3.63) is 28.8 Å². The van der Waals surface area contributed by atoms with Crippen LogP contribution in [-0.2, 0) is 0 Å². The van der Waals surface area contributed by atoms with Crippen LogP contribution >= 0.6 is 11.6 Å². The standard InChI is InChI=1S/C9H10ClN4O2/c10-6-1-2-7-8(5-6)14(16)13-9(12-7)11-3-4-15/h1-2,5-6,15H,3-4H2,(H,11,13,16)/q+1. The lowest BCUT2D eigenvalue weighted by molar-refractivity contribution is -0.537. The number of alkyl halides is 1. The summed E-state index contributed by atoms with van der Waals surface area (Å²) in [4.78, 5) is 20.1. The highest BCUT2D eigenvalue weighted by molar-refractivity contribution is 6.25. The second-order valence-corrected chi connectivity index (χ2v) is 3.69. The van der Waals surface area contributed by atoms with Crippen molar-refractivity contribution in [2.75, 3.05) is 13.2 Å². The number of nitrogens with one attached hydrogen (secondary N) is 1. The van der Waals surface area contributed by atoms with Crippen molar-refractivity contribution in [2.45, 2.75) is 5.38 Å². The number of fused-ring (bicyclic) bond motifs is 1. The number of hydrogen-bond acceptors (Lipinski definition) is 3. The molecule has 0 aromatic heterocycles. The van der Waals surface area contributed by atoms with Crippen LogP contribution in [-0.4, -0.2) is 40.2 Å². The molecule has 0 amide bonds. The van der Waals surface area contributed by atoms with Crippen LogP contribution in [0, 0.1) is 4.91 Å². The molecule has 1 atom stereocenters. The van der Waals surface area contributed by atoms with E-state index in [0.717, 1.165) is 0 Å². The molecule has 0 saturated carbocycles. The molecule has 1 aliphatic carbocycles. The Bertz CT molecular complexity index is 439. The number of rotatable bonds is 2. The van der Waals surface area contributed by atoms with Crippen LogP contribution in [0.1, 0.15) is 0 Å². The van der Waals surface area contributed by atoms with E-state index in [4.69, 9.17) is 16.7 Å². The summed E-state index contributed by atoms with van der Waals surface area (Å²) in [6, 6.07) is 0. The molecule has 0 spiro atoms. The first kappa shape index (κ1) is 11.0. The van der Waals surface area contributed by atoms with Crippen molar-refractivity contribution in [3.63, 3.8) is 0 Å². The Kier molecular flexibility index (Phi) is 3.12. The number of hydrazine groups is 1. The fourth-order valence-electron chi connectivity index (χ4n) is 1.34. The third-order valence-corrected chi connectivity index (χ3v) is 2.30. The average molecular weight is 242 g/mol. The van der Waals surface area contributed by atoms with E-state index in [2.05, 4.69) is 15.4 Å². The second-order valence-electron chi connectivity index (χ2n) is 3.19. The van der Waals surface area contributed by atoms with Gasteiger partial charge in [0.1, 0.15) is 5.71 Å². The first-order chi connectivity index (χ1) is 7.70. The van der Waals surface area contributed by atoms with Gasteiger partial charge in [0.15, 0.2) is 4.87 Å². The lowest BCUT2D eigenvalue weighted by atomic mass is 10.1. The minimum Gasteiger partial charge on any atom is -0.394 e. The zero-order valence-corrected chi connectivity index (χ0v) is 9.05. The summed E-state index contributed by atoms with van der Waals surface area (Å²) in [7, 11) is 0. The van der Waals surface area contributed by atoms with E-state index in [1.165, 1.54) is 0 Å². The molecule has 0 aromatic carbocycles. The van der Waals surface area contributed by atoms with Gasteiger partial charge in [-0.3, -0.25) is 0 Å². The lowest BCUT2D eigenvalue weighted by Crippen LogP contribution is -2.40. The van der Waals surface area contributed by atoms with E-state index >= 15 is 0 Å². The van der Waals surface area contributed by atoms with Crippen LogP contribution < -0.4 is 5.43 Å². The Labute approximate surface area is 96.6 Å². The van der Waals surface area contributed by atoms with Crippen molar-refractivity contribution < 1.29 is 9.98 Å². The van der Waals surface area contributed by atoms with Crippen molar-refractivity contribution in [3.8, 4) is 0 Å². The monoisotopic (exact) mass is 241 g/mol. The van der Waals surface area contributed by atoms with Gasteiger partial charge in [-0.15, -0.1) is 11.6 Å². The summed E-state index contributed by atoms with van der Waals surface area (Å²) in [5.74, 6) is 0.189. The van der Waals surface area contributed by atoms with Gasteiger partial charge in [0.2, 0.25) is 0 Å². The molecular formula is C9H10ClN4O2+. The molecule has 6 nitrogen and oxygen atoms in total. The molecule has 84 valence electrons. The van der Waals surface area contributed by atoms with Gasteiger partial charge in [-0.2, -0.15) is 0 Å². The Morgan fingerprint density at radius 1 is 1.69 bits per heavy atom. The van der Waals surface area contributed by atoms with Crippen LogP contribution in [0.25, 0.3) is 0 Å². The number of nitrogens with zero attached hydrogens (tertiary/aromatic N) is 3. The number of aliphatic hydroxyl groups is 1. The fraction of sp³-hybridized carbons (Fsp3) is 0.333. The van der Waals surface area contributed by atoms with Crippen LogP contribution in [0.5, 0.6) is 0 Å². The Balaban J connectivity index is 2.30. The summed E-state index contributed by atoms with van der Waals surface area (Å²) in [6.45, 7) is 0.116. The summed E-state index contributed by atoms with van der Waals surface area (Å²) in [5, 5.41) is 8.31. The van der Waals surface area contributed by atoms with Gasteiger partial charge in [-0.05, 0) is 6.08 Å². The molecule has 1 heterocycles. The van der Waals surface area contributed by atoms with Crippen LogP contribution in [0.4, 0.5) is 0 Å². The molecule has 16 heavy (non-hydrogen) atoms. The average Bonchev–Trinajstić information content (AvgIpc) is 2.27. The molecule has 2 rings (SSSR count). The Morgan fingerprint density at radius 2 is 2.50 bits per heavy atom. The second kappa shape index (κ2) is 4.54. The molecule has 0 bridgehead atoms. The molecule has 0 fully saturated rings. The number of aliphatic imine (C=N–C) groups is 2. The first-order valence-electron chi connectivity index (χ1n) is 4.73. The topological polar surface area (TPSA) is 77.1 Å². The molecule has 2 N–H and O–H groups in total. The van der Waals surface area contributed by atoms with Crippen molar-refractivity contribution in [1.29, 1.82) is 0 Å². The van der Waals surface area contributed by atoms with E-state index in [1.54, 1.807) is 18.2 Å². The number of guanidine groups is 1. The van der Waals surface area contributed by atoms with Crippen LogP contribution in [0.2, 0.25) is 0 Å². The van der Waals surface area contributed by atoms with Crippen LogP contribution in [0.15, 0.2) is 33.9 Å². The highest BCUT2D eigenvalue weighted by atomic mass is 35.5. The minimum atomic E-state index is -0.303. The van der Waals surface area contributed by atoms with Gasteiger partial charge < -0.3 is 5.11 Å². The van der Waals surface area contributed by atoms with Gasteiger partial charge in [0, 0.05) is 6.08 Å². The van der Waals surface area contributed by atoms with E-state index in [0.29, 0.717) is 16.3 Å². The van der Waals surface area contributed by atoms with E-state index in [9.17, 15) is 4.91 Å². The highest BCUT2D eigenvalue weighted by Gasteiger charge is 2.32. The number of halogens is 1. The van der Waals surface area contributed by atoms with Gasteiger partial charge in [0.05, 0.1) is 23.4 Å². The third kappa shape index (κ3) is 2.17. The Morgan fingerprint density at radius 3 is 3.25 bits per heavy atom. The largest absolute Gasteiger partial charge is 0.394 e. The van der Waals surface area contributed by atoms with Crippen molar-refractivity contribution in [1.82, 2.24) is 5.43 Å². The number of aliphatic hydroxyl groups excluding tert-OH is 1. The highest BCUT2D eigenvalue weighted by Crippen LogP contribution is 2.16. The van der Waals surface area contributed by atoms with Gasteiger partial charge in [-0.1, -0.05) is 11.5 Å². The SMILES string of the molecule is O=[N+]1NC(=NCCO)N=C2C=CC(Cl)C=C21. The number of nitroso groups, excluding NO2 is 1. The van der Waals surface area contributed by atoms with Crippen molar-refractivity contribution in [2.24, 2.45) is 9.98 Å². The molecule has 1 aliphatic heterocycles. The fourth-order valence-corrected chi connectivity index (χ4v) is 1.54. The minimum absolute atomic E-state index is 0.0861. The van der Waals surface area contributed by atoms with Gasteiger partial charge >= 0.3 is 5.70 Å². The summed E-state index contributed by atoms with van der Waals surface area (Å²) >= 11 is 5.85. The van der Waals surface area contributed by atoms with Gasteiger partial charge in [-0.25, -0.2) is 9.98 Å². The van der Waals surface area contributed by atoms with E-state index in [1.807, 2.05) is 0 Å². The molecule has 0 saturated heterocycles.